The molecule has 0 saturated heterocycles. The maximum Gasteiger partial charge on any atom is 0.249 e. The normalized spacial score (nSPS) is 11.1. The van der Waals surface area contributed by atoms with Crippen LogP contribution in [-0.2, 0) is 4.43 Å². The topological polar surface area (TPSA) is 9.23 Å². The molecule has 0 aromatic rings. The average Bonchev–Trinajstić information content (AvgIpc) is 2.01. The zero-order chi connectivity index (χ0) is 8.04. The number of hydrogen-bond donors (Lipinski definition) is 0. The van der Waals surface area contributed by atoms with E-state index in [9.17, 15) is 0 Å². The lowest BCUT2D eigenvalue weighted by atomic mass is 10.9. The Morgan fingerprint density at radius 3 is 1.70 bits per heavy atom. The van der Waals surface area contributed by atoms with Crippen LogP contribution in [0.1, 0.15) is 20.8 Å². The monoisotopic (exact) mass is 158 g/mol. The Bertz CT molecular complexity index is 89.2. The number of hydrogen-bond acceptors (Lipinski definition) is 1. The summed E-state index contributed by atoms with van der Waals surface area (Å²) in [5, 5.41) is 0. The fourth-order valence-electron chi connectivity index (χ4n) is 1.18. The van der Waals surface area contributed by atoms with Crippen LogP contribution in [0.2, 0.25) is 18.1 Å². The van der Waals surface area contributed by atoms with Crippen LogP contribution in [0.25, 0.3) is 0 Å². The average molecular weight is 158 g/mol. The summed E-state index contributed by atoms with van der Waals surface area (Å²) in [5.41, 5.74) is 0. The minimum Gasteiger partial charge on any atom is -0.550 e. The lowest BCUT2D eigenvalue weighted by molar-refractivity contribution is 0.460. The van der Waals surface area contributed by atoms with Gasteiger partial charge in [0.05, 0.1) is 6.26 Å². The minimum atomic E-state index is -1.34. The van der Waals surface area contributed by atoms with Crippen molar-refractivity contribution < 1.29 is 4.43 Å². The van der Waals surface area contributed by atoms with Gasteiger partial charge in [-0.25, -0.2) is 0 Å². The van der Waals surface area contributed by atoms with Gasteiger partial charge in [-0.2, -0.15) is 0 Å². The first-order valence-electron chi connectivity index (χ1n) is 4.03. The molecule has 10 heavy (non-hydrogen) atoms. The minimum absolute atomic E-state index is 1.20. The zero-order valence-electron chi connectivity index (χ0n) is 7.31. The van der Waals surface area contributed by atoms with Crippen LogP contribution in [0.15, 0.2) is 12.8 Å². The maximum absolute atomic E-state index is 5.58. The van der Waals surface area contributed by atoms with Gasteiger partial charge in [-0.1, -0.05) is 27.4 Å². The van der Waals surface area contributed by atoms with Crippen LogP contribution in [0, 0.1) is 0 Å². The molecule has 0 aromatic carbocycles. The molecule has 0 rings (SSSR count). The third-order valence-corrected chi connectivity index (χ3v) is 6.80. The lowest BCUT2D eigenvalue weighted by Crippen LogP contribution is -2.33. The molecule has 0 N–H and O–H groups in total. The predicted molar refractivity (Wildman–Crippen MR) is 48.5 cm³/mol. The fourth-order valence-corrected chi connectivity index (χ4v) is 3.53. The van der Waals surface area contributed by atoms with Crippen molar-refractivity contribution in [1.29, 1.82) is 0 Å². The van der Waals surface area contributed by atoms with Gasteiger partial charge >= 0.3 is 0 Å². The molecular weight excluding hydrogens is 140 g/mol. The Morgan fingerprint density at radius 1 is 1.20 bits per heavy atom. The van der Waals surface area contributed by atoms with Gasteiger partial charge in [-0.3, -0.25) is 0 Å². The molecule has 0 amide bonds. The van der Waals surface area contributed by atoms with Gasteiger partial charge in [0.15, 0.2) is 0 Å². The molecule has 0 spiro atoms. The molecule has 0 aliphatic rings. The van der Waals surface area contributed by atoms with Crippen LogP contribution < -0.4 is 0 Å². The van der Waals surface area contributed by atoms with Crippen LogP contribution in [0.3, 0.4) is 0 Å². The van der Waals surface area contributed by atoms with Crippen molar-refractivity contribution in [3.63, 3.8) is 0 Å². The van der Waals surface area contributed by atoms with Crippen molar-refractivity contribution in [2.75, 3.05) is 0 Å². The van der Waals surface area contributed by atoms with Crippen molar-refractivity contribution in [2.24, 2.45) is 0 Å². The van der Waals surface area contributed by atoms with E-state index in [1.54, 1.807) is 6.26 Å². The highest BCUT2D eigenvalue weighted by atomic mass is 28.4. The molecule has 0 aromatic heterocycles. The van der Waals surface area contributed by atoms with Crippen molar-refractivity contribution >= 4 is 8.32 Å². The van der Waals surface area contributed by atoms with E-state index in [2.05, 4.69) is 27.4 Å². The predicted octanol–water partition coefficient (Wildman–Crippen LogP) is 3.15. The van der Waals surface area contributed by atoms with Crippen LogP contribution >= 0.6 is 0 Å². The molecule has 0 aliphatic heterocycles. The molecule has 0 saturated carbocycles. The summed E-state index contributed by atoms with van der Waals surface area (Å²) in [6.07, 6.45) is 1.61. The summed E-state index contributed by atoms with van der Waals surface area (Å²) in [7, 11) is -1.34. The lowest BCUT2D eigenvalue weighted by Gasteiger charge is -2.26. The standard InChI is InChI=1S/C8H18OSi/c1-5-9-10(6-2,7-3)8-4/h5H,1,6-8H2,2-4H3. The maximum atomic E-state index is 5.58. The van der Waals surface area contributed by atoms with Crippen molar-refractivity contribution in [3.8, 4) is 0 Å². The van der Waals surface area contributed by atoms with E-state index < -0.39 is 8.32 Å². The van der Waals surface area contributed by atoms with Gasteiger partial charge in [0.2, 0.25) is 8.32 Å². The van der Waals surface area contributed by atoms with Gasteiger partial charge < -0.3 is 4.43 Å². The van der Waals surface area contributed by atoms with E-state index in [4.69, 9.17) is 4.43 Å². The largest absolute Gasteiger partial charge is 0.550 e. The molecule has 0 heterocycles. The Labute approximate surface area is 65.2 Å². The van der Waals surface area contributed by atoms with Crippen molar-refractivity contribution in [1.82, 2.24) is 0 Å². The second-order valence-electron chi connectivity index (χ2n) is 2.53. The van der Waals surface area contributed by atoms with Gasteiger partial charge in [0, 0.05) is 0 Å². The first kappa shape index (κ1) is 9.76. The molecule has 0 unspecified atom stereocenters. The van der Waals surface area contributed by atoms with E-state index in [1.165, 1.54) is 18.1 Å². The summed E-state index contributed by atoms with van der Waals surface area (Å²) in [6.45, 7) is 10.2. The third-order valence-electron chi connectivity index (χ3n) is 2.27. The van der Waals surface area contributed by atoms with Crippen LogP contribution in [0.4, 0.5) is 0 Å². The molecule has 0 radical (unpaired) electrons. The third kappa shape index (κ3) is 2.18. The van der Waals surface area contributed by atoms with Crippen molar-refractivity contribution in [2.45, 2.75) is 38.9 Å². The van der Waals surface area contributed by atoms with E-state index in [-0.39, 0.29) is 0 Å². The first-order valence-corrected chi connectivity index (χ1v) is 6.56. The highest BCUT2D eigenvalue weighted by Crippen LogP contribution is 2.21. The Balaban J connectivity index is 4.00. The summed E-state index contributed by atoms with van der Waals surface area (Å²) < 4.78 is 5.58. The zero-order valence-corrected chi connectivity index (χ0v) is 8.31. The first-order chi connectivity index (χ1) is 4.74. The van der Waals surface area contributed by atoms with Gasteiger partial charge in [0.1, 0.15) is 0 Å². The summed E-state index contributed by atoms with van der Waals surface area (Å²) in [4.78, 5) is 0. The van der Waals surface area contributed by atoms with E-state index in [1.807, 2.05) is 0 Å². The summed E-state index contributed by atoms with van der Waals surface area (Å²) in [6, 6.07) is 3.60. The Hall–Kier alpha value is -0.243. The SMILES string of the molecule is C=CO[Si](CC)(CC)CC. The molecular formula is C8H18OSi. The molecule has 0 bridgehead atoms. The molecule has 0 atom stereocenters. The quantitative estimate of drug-likeness (QED) is 0.441. The Kier molecular flexibility index (Phi) is 4.44. The van der Waals surface area contributed by atoms with E-state index >= 15 is 0 Å². The molecule has 60 valence electrons. The van der Waals surface area contributed by atoms with Gasteiger partial charge in [-0.05, 0) is 18.1 Å². The second-order valence-corrected chi connectivity index (χ2v) is 7.25. The van der Waals surface area contributed by atoms with Crippen LogP contribution in [0.5, 0.6) is 0 Å². The molecule has 2 heteroatoms. The smallest absolute Gasteiger partial charge is 0.249 e. The van der Waals surface area contributed by atoms with Crippen LogP contribution in [-0.4, -0.2) is 8.32 Å². The molecule has 0 aliphatic carbocycles. The highest BCUT2D eigenvalue weighted by molar-refractivity contribution is 6.73. The summed E-state index contributed by atoms with van der Waals surface area (Å²) in [5.74, 6) is 0. The van der Waals surface area contributed by atoms with Crippen molar-refractivity contribution in [3.05, 3.63) is 12.8 Å². The Morgan fingerprint density at radius 2 is 1.60 bits per heavy atom. The summed E-state index contributed by atoms with van der Waals surface area (Å²) >= 11 is 0. The van der Waals surface area contributed by atoms with E-state index in [0.29, 0.717) is 0 Å². The molecule has 0 fully saturated rings. The van der Waals surface area contributed by atoms with Gasteiger partial charge in [-0.15, -0.1) is 0 Å². The highest BCUT2D eigenvalue weighted by Gasteiger charge is 2.28. The second kappa shape index (κ2) is 4.55. The molecule has 1 nitrogen and oxygen atoms in total. The van der Waals surface area contributed by atoms with Gasteiger partial charge in [0.25, 0.3) is 0 Å². The fraction of sp³-hybridized carbons (Fsp3) is 0.750. The van der Waals surface area contributed by atoms with E-state index in [0.717, 1.165) is 0 Å². The number of rotatable bonds is 5.